The molecule has 0 radical (unpaired) electrons. The van der Waals surface area contributed by atoms with Gasteiger partial charge in [0, 0.05) is 12.1 Å². The van der Waals surface area contributed by atoms with E-state index in [1.54, 1.807) is 0 Å². The Bertz CT molecular complexity index is 227. The normalized spacial score (nSPS) is 52.5. The minimum atomic E-state index is 0.826. The molecule has 0 heterocycles. The number of nitrogens with one attached hydrogen (secondary N) is 1. The Labute approximate surface area is 80.6 Å². The lowest BCUT2D eigenvalue weighted by Gasteiger charge is -2.37. The van der Waals surface area contributed by atoms with Gasteiger partial charge < -0.3 is 5.32 Å². The van der Waals surface area contributed by atoms with Gasteiger partial charge in [-0.05, 0) is 43.4 Å². The minimum Gasteiger partial charge on any atom is -0.311 e. The molecule has 3 aliphatic rings. The maximum absolute atomic E-state index is 3.83. The van der Waals surface area contributed by atoms with Crippen LogP contribution in [-0.4, -0.2) is 12.1 Å². The second-order valence-corrected chi connectivity index (χ2v) is 5.33. The third kappa shape index (κ3) is 1.34. The summed E-state index contributed by atoms with van der Waals surface area (Å²) in [4.78, 5) is 0. The second-order valence-electron chi connectivity index (χ2n) is 5.33. The molecule has 0 amide bonds. The molecule has 1 nitrogen and oxygen atoms in total. The van der Waals surface area contributed by atoms with Crippen molar-refractivity contribution in [3.8, 4) is 0 Å². The van der Waals surface area contributed by atoms with E-state index in [1.165, 1.54) is 25.7 Å². The van der Waals surface area contributed by atoms with Crippen LogP contribution in [0.3, 0.4) is 0 Å². The molecule has 2 fully saturated rings. The zero-order chi connectivity index (χ0) is 8.84. The lowest BCUT2D eigenvalue weighted by Crippen LogP contribution is -2.47. The van der Waals surface area contributed by atoms with Gasteiger partial charge in [0.15, 0.2) is 0 Å². The summed E-state index contributed by atoms with van der Waals surface area (Å²) in [6.45, 7) is 2.36. The minimum absolute atomic E-state index is 0.826. The maximum Gasteiger partial charge on any atom is 0.0138 e. The van der Waals surface area contributed by atoms with Crippen molar-refractivity contribution in [1.29, 1.82) is 0 Å². The molecule has 3 rings (SSSR count). The predicted molar refractivity (Wildman–Crippen MR) is 54.5 cm³/mol. The van der Waals surface area contributed by atoms with E-state index in [4.69, 9.17) is 0 Å². The molecule has 0 aromatic rings. The van der Waals surface area contributed by atoms with Gasteiger partial charge in [-0.15, -0.1) is 0 Å². The van der Waals surface area contributed by atoms with E-state index < -0.39 is 0 Å². The van der Waals surface area contributed by atoms with Crippen molar-refractivity contribution in [2.45, 2.75) is 44.7 Å². The highest BCUT2D eigenvalue weighted by atomic mass is 15.0. The molecule has 13 heavy (non-hydrogen) atoms. The lowest BCUT2D eigenvalue weighted by molar-refractivity contribution is 0.213. The van der Waals surface area contributed by atoms with Gasteiger partial charge in [0.2, 0.25) is 0 Å². The first kappa shape index (κ1) is 8.05. The van der Waals surface area contributed by atoms with Crippen LogP contribution in [0.2, 0.25) is 0 Å². The first-order valence-corrected chi connectivity index (χ1v) is 5.75. The van der Waals surface area contributed by atoms with Gasteiger partial charge in [-0.1, -0.05) is 19.1 Å². The highest BCUT2D eigenvalue weighted by molar-refractivity contribution is 5.13. The number of hydrogen-bond acceptors (Lipinski definition) is 1. The van der Waals surface area contributed by atoms with Gasteiger partial charge in [-0.25, -0.2) is 0 Å². The van der Waals surface area contributed by atoms with Crippen LogP contribution in [0.15, 0.2) is 12.2 Å². The van der Waals surface area contributed by atoms with E-state index in [1.807, 2.05) is 0 Å². The molecule has 1 heteroatoms. The molecule has 0 aromatic carbocycles. The van der Waals surface area contributed by atoms with Crippen LogP contribution < -0.4 is 5.32 Å². The molecule has 3 atom stereocenters. The standard InChI is InChI=1S/C12H19N/c1-8-4-11(5-8)13-12-7-9-2-3-10(12)6-9/h2-3,8-13H,4-7H2,1H3/t8?,9-,10+,11?,12?/m1/s1. The molecular weight excluding hydrogens is 158 g/mol. The first-order valence-electron chi connectivity index (χ1n) is 5.75. The summed E-state index contributed by atoms with van der Waals surface area (Å²) in [5.74, 6) is 2.77. The van der Waals surface area contributed by atoms with Crippen molar-refractivity contribution in [2.24, 2.45) is 17.8 Å². The average Bonchev–Trinajstić information content (AvgIpc) is 2.62. The molecule has 2 saturated carbocycles. The van der Waals surface area contributed by atoms with Gasteiger partial charge in [-0.2, -0.15) is 0 Å². The number of hydrogen-bond donors (Lipinski definition) is 1. The van der Waals surface area contributed by atoms with Crippen LogP contribution in [0.5, 0.6) is 0 Å². The summed E-state index contributed by atoms with van der Waals surface area (Å²) in [5, 5.41) is 3.83. The molecule has 0 aromatic heterocycles. The van der Waals surface area contributed by atoms with Crippen LogP contribution in [0.1, 0.15) is 32.6 Å². The predicted octanol–water partition coefficient (Wildman–Crippen LogP) is 2.34. The van der Waals surface area contributed by atoms with Crippen LogP contribution in [0, 0.1) is 17.8 Å². The van der Waals surface area contributed by atoms with E-state index in [0.717, 1.165) is 29.8 Å². The Kier molecular flexibility index (Phi) is 1.76. The Balaban J connectivity index is 1.54. The summed E-state index contributed by atoms with van der Waals surface area (Å²) in [6, 6.07) is 1.68. The van der Waals surface area contributed by atoms with Gasteiger partial charge in [0.25, 0.3) is 0 Å². The van der Waals surface area contributed by atoms with Crippen LogP contribution in [0.4, 0.5) is 0 Å². The second kappa shape index (κ2) is 2.84. The monoisotopic (exact) mass is 177 g/mol. The highest BCUT2D eigenvalue weighted by Gasteiger charge is 2.38. The van der Waals surface area contributed by atoms with Gasteiger partial charge >= 0.3 is 0 Å². The Morgan fingerprint density at radius 3 is 2.46 bits per heavy atom. The third-order valence-corrected chi connectivity index (χ3v) is 4.10. The summed E-state index contributed by atoms with van der Waals surface area (Å²) < 4.78 is 0. The fourth-order valence-electron chi connectivity index (χ4n) is 3.31. The largest absolute Gasteiger partial charge is 0.311 e. The van der Waals surface area contributed by atoms with Crippen molar-refractivity contribution in [3.05, 3.63) is 12.2 Å². The number of fused-ring (bicyclic) bond motifs is 2. The Morgan fingerprint density at radius 2 is 1.92 bits per heavy atom. The summed E-state index contributed by atoms with van der Waals surface area (Å²) in [6.07, 6.45) is 10.5. The smallest absolute Gasteiger partial charge is 0.0138 e. The maximum atomic E-state index is 3.83. The molecule has 1 N–H and O–H groups in total. The molecule has 1 unspecified atom stereocenters. The fourth-order valence-corrected chi connectivity index (χ4v) is 3.31. The Morgan fingerprint density at radius 1 is 1.08 bits per heavy atom. The van der Waals surface area contributed by atoms with Gasteiger partial charge in [0.05, 0.1) is 0 Å². The van der Waals surface area contributed by atoms with E-state index >= 15 is 0 Å². The van der Waals surface area contributed by atoms with Crippen molar-refractivity contribution in [1.82, 2.24) is 5.32 Å². The fraction of sp³-hybridized carbons (Fsp3) is 0.833. The highest BCUT2D eigenvalue weighted by Crippen LogP contribution is 2.40. The van der Waals surface area contributed by atoms with Crippen molar-refractivity contribution in [2.75, 3.05) is 0 Å². The summed E-state index contributed by atoms with van der Waals surface area (Å²) >= 11 is 0. The van der Waals surface area contributed by atoms with E-state index in [2.05, 4.69) is 24.4 Å². The number of allylic oxidation sites excluding steroid dienone is 1. The summed E-state index contributed by atoms with van der Waals surface area (Å²) in [5.41, 5.74) is 0. The van der Waals surface area contributed by atoms with Gasteiger partial charge in [0.1, 0.15) is 0 Å². The van der Waals surface area contributed by atoms with Crippen LogP contribution >= 0.6 is 0 Å². The van der Waals surface area contributed by atoms with E-state index in [-0.39, 0.29) is 0 Å². The first-order chi connectivity index (χ1) is 6.31. The van der Waals surface area contributed by atoms with Gasteiger partial charge in [-0.3, -0.25) is 0 Å². The van der Waals surface area contributed by atoms with E-state index in [0.29, 0.717) is 0 Å². The van der Waals surface area contributed by atoms with Crippen molar-refractivity contribution >= 4 is 0 Å². The van der Waals surface area contributed by atoms with Crippen molar-refractivity contribution in [3.63, 3.8) is 0 Å². The quantitative estimate of drug-likeness (QED) is 0.638. The zero-order valence-corrected chi connectivity index (χ0v) is 8.37. The van der Waals surface area contributed by atoms with Crippen molar-refractivity contribution < 1.29 is 0 Å². The van der Waals surface area contributed by atoms with E-state index in [9.17, 15) is 0 Å². The Hall–Kier alpha value is -0.300. The third-order valence-electron chi connectivity index (χ3n) is 4.10. The molecule has 0 spiro atoms. The molecule has 72 valence electrons. The average molecular weight is 177 g/mol. The molecular formula is C12H19N. The zero-order valence-electron chi connectivity index (χ0n) is 8.37. The van der Waals surface area contributed by atoms with Crippen LogP contribution in [-0.2, 0) is 0 Å². The molecule has 3 aliphatic carbocycles. The SMILES string of the molecule is CC1CC(NC2C[C@@H]3C=C[C@H]2C3)C1. The molecule has 0 saturated heterocycles. The summed E-state index contributed by atoms with van der Waals surface area (Å²) in [7, 11) is 0. The lowest BCUT2D eigenvalue weighted by atomic mass is 9.81. The molecule has 0 aliphatic heterocycles. The number of rotatable bonds is 2. The topological polar surface area (TPSA) is 12.0 Å². The van der Waals surface area contributed by atoms with Crippen LogP contribution in [0.25, 0.3) is 0 Å². The molecule has 2 bridgehead atoms.